The van der Waals surface area contributed by atoms with E-state index >= 15 is 0 Å². The molecule has 0 atom stereocenters. The maximum atomic E-state index is 14.3. The van der Waals surface area contributed by atoms with Gasteiger partial charge in [0.05, 0.1) is 20.3 Å². The number of nitrogens with two attached hydrogens (primary N) is 1. The number of nitrogens with zero attached hydrogens (tertiary/aromatic N) is 1. The van der Waals surface area contributed by atoms with E-state index in [1.807, 2.05) is 18.2 Å². The number of anilines is 1. The highest BCUT2D eigenvalue weighted by Crippen LogP contribution is 2.35. The van der Waals surface area contributed by atoms with Crippen LogP contribution in [0.3, 0.4) is 0 Å². The van der Waals surface area contributed by atoms with E-state index < -0.39 is 17.1 Å². The summed E-state index contributed by atoms with van der Waals surface area (Å²) in [6, 6.07) is 9.13. The molecule has 0 aliphatic carbocycles. The lowest BCUT2D eigenvalue weighted by Gasteiger charge is -2.12. The molecule has 4 aromatic rings. The first-order valence-electron chi connectivity index (χ1n) is 8.18. The predicted octanol–water partition coefficient (Wildman–Crippen LogP) is 4.00. The van der Waals surface area contributed by atoms with Gasteiger partial charge in [0, 0.05) is 23.4 Å². The molecule has 0 spiro atoms. The Morgan fingerprint density at radius 1 is 1.12 bits per heavy atom. The second kappa shape index (κ2) is 6.59. The minimum Gasteiger partial charge on any atom is -0.369 e. The van der Waals surface area contributed by atoms with Gasteiger partial charge < -0.3 is 11.1 Å². The lowest BCUT2D eigenvalue weighted by molar-refractivity contribution is 0.593. The van der Waals surface area contributed by atoms with Gasteiger partial charge in [-0.15, -0.1) is 11.3 Å². The Kier molecular flexibility index (Phi) is 4.26. The third kappa shape index (κ3) is 2.69. The number of hydrogen-bond donors (Lipinski definition) is 2. The number of aromatic nitrogens is 1. The first-order chi connectivity index (χ1) is 12.6. The molecule has 4 nitrogen and oxygen atoms in total. The van der Waals surface area contributed by atoms with Gasteiger partial charge in [-0.1, -0.05) is 18.2 Å². The van der Waals surface area contributed by atoms with Crippen molar-refractivity contribution < 1.29 is 8.78 Å². The molecule has 7 heteroatoms. The average molecular weight is 371 g/mol. The van der Waals surface area contributed by atoms with Crippen molar-refractivity contribution in [1.82, 2.24) is 4.98 Å². The number of benzene rings is 2. The van der Waals surface area contributed by atoms with Crippen molar-refractivity contribution >= 4 is 48.2 Å². The number of fused-ring (bicyclic) bond motifs is 4. The third-order valence-electron chi connectivity index (χ3n) is 4.21. The van der Waals surface area contributed by atoms with E-state index in [-0.39, 0.29) is 10.1 Å². The second-order valence-corrected chi connectivity index (χ2v) is 6.97. The molecule has 3 N–H and O–H groups in total. The van der Waals surface area contributed by atoms with Crippen molar-refractivity contribution in [2.24, 2.45) is 5.73 Å². The fourth-order valence-electron chi connectivity index (χ4n) is 3.02. The topological polar surface area (TPSA) is 68.0 Å². The molecule has 0 saturated carbocycles. The minimum atomic E-state index is -0.765. The van der Waals surface area contributed by atoms with Gasteiger partial charge in [-0.2, -0.15) is 0 Å². The van der Waals surface area contributed by atoms with Crippen molar-refractivity contribution in [2.45, 2.75) is 6.42 Å². The van der Waals surface area contributed by atoms with Crippen LogP contribution in [0.1, 0.15) is 6.42 Å². The summed E-state index contributed by atoms with van der Waals surface area (Å²) in [5, 5.41) is 4.32. The molecule has 2 aromatic carbocycles. The highest BCUT2D eigenvalue weighted by atomic mass is 32.1. The van der Waals surface area contributed by atoms with E-state index in [4.69, 9.17) is 5.73 Å². The number of para-hydroxylation sites is 1. The summed E-state index contributed by atoms with van der Waals surface area (Å²) in [5.74, 6) is -0.997. The van der Waals surface area contributed by atoms with Crippen molar-refractivity contribution in [2.75, 3.05) is 18.4 Å². The second-order valence-electron chi connectivity index (χ2n) is 5.95. The molecule has 0 saturated heterocycles. The Hall–Kier alpha value is -2.64. The molecule has 0 aliphatic rings. The number of rotatable bonds is 4. The molecular weight excluding hydrogens is 356 g/mol. The van der Waals surface area contributed by atoms with Crippen molar-refractivity contribution in [3.05, 3.63) is 58.3 Å². The van der Waals surface area contributed by atoms with Gasteiger partial charge in [-0.25, -0.2) is 13.8 Å². The summed E-state index contributed by atoms with van der Waals surface area (Å²) >= 11 is 1.10. The van der Waals surface area contributed by atoms with Gasteiger partial charge in [-0.3, -0.25) is 4.79 Å². The molecule has 0 aliphatic heterocycles. The van der Waals surface area contributed by atoms with Gasteiger partial charge in [0.25, 0.3) is 0 Å². The van der Waals surface area contributed by atoms with E-state index in [1.165, 1.54) is 0 Å². The smallest absolute Gasteiger partial charge is 0.196 e. The zero-order chi connectivity index (χ0) is 18.3. The number of pyridine rings is 1. The predicted molar refractivity (Wildman–Crippen MR) is 103 cm³/mol. The number of halogens is 2. The summed E-state index contributed by atoms with van der Waals surface area (Å²) in [7, 11) is 0. The highest BCUT2D eigenvalue weighted by Gasteiger charge is 2.17. The molecule has 2 aromatic heterocycles. The lowest BCUT2D eigenvalue weighted by Crippen LogP contribution is -2.11. The fourth-order valence-corrected chi connectivity index (χ4v) is 4.16. The van der Waals surface area contributed by atoms with E-state index in [0.717, 1.165) is 29.9 Å². The number of nitrogens with one attached hydrogen (secondary N) is 1. The van der Waals surface area contributed by atoms with Crippen LogP contribution in [0.5, 0.6) is 0 Å². The Morgan fingerprint density at radius 2 is 1.92 bits per heavy atom. The van der Waals surface area contributed by atoms with Gasteiger partial charge in [0.15, 0.2) is 5.43 Å². The van der Waals surface area contributed by atoms with Crippen LogP contribution in [0.2, 0.25) is 0 Å². The Morgan fingerprint density at radius 3 is 2.73 bits per heavy atom. The molecule has 0 amide bonds. The van der Waals surface area contributed by atoms with Crippen molar-refractivity contribution in [3.8, 4) is 0 Å². The molecule has 4 rings (SSSR count). The van der Waals surface area contributed by atoms with Crippen LogP contribution in [0, 0.1) is 11.6 Å². The van der Waals surface area contributed by atoms with E-state index in [2.05, 4.69) is 10.3 Å². The maximum absolute atomic E-state index is 14.3. The largest absolute Gasteiger partial charge is 0.369 e. The highest BCUT2D eigenvalue weighted by molar-refractivity contribution is 7.25. The van der Waals surface area contributed by atoms with Crippen molar-refractivity contribution in [1.29, 1.82) is 0 Å². The van der Waals surface area contributed by atoms with Gasteiger partial charge >= 0.3 is 0 Å². The minimum absolute atomic E-state index is 0.0456. The standard InChI is InChI=1S/C19H15F2N3OS/c20-10-8-12-16(25)15-11-4-1-2-5-14(11)24-19(23-7-3-6-22)18(15)26-17(12)13(21)9-10/h1-2,4-5,8-9H,3,6-7,22H2,(H,23,24). The third-order valence-corrected chi connectivity index (χ3v) is 5.43. The molecular formula is C19H15F2N3OS. The fraction of sp³-hybridized carbons (Fsp3) is 0.158. The quantitative estimate of drug-likeness (QED) is 0.323. The van der Waals surface area contributed by atoms with E-state index in [0.29, 0.717) is 39.9 Å². The summed E-state index contributed by atoms with van der Waals surface area (Å²) in [5.41, 5.74) is 5.79. The molecule has 0 radical (unpaired) electrons. The Balaban J connectivity index is 2.15. The Bertz CT molecular complexity index is 1210. The molecule has 2 heterocycles. The molecule has 0 fully saturated rings. The number of hydrogen-bond acceptors (Lipinski definition) is 5. The molecule has 132 valence electrons. The van der Waals surface area contributed by atoms with Crippen LogP contribution in [0.25, 0.3) is 31.1 Å². The molecule has 0 bridgehead atoms. The maximum Gasteiger partial charge on any atom is 0.196 e. The average Bonchev–Trinajstić information content (AvgIpc) is 2.63. The molecule has 26 heavy (non-hydrogen) atoms. The first-order valence-corrected chi connectivity index (χ1v) is 9.00. The van der Waals surface area contributed by atoms with Crippen LogP contribution < -0.4 is 16.5 Å². The summed E-state index contributed by atoms with van der Waals surface area (Å²) in [6.07, 6.45) is 0.734. The summed E-state index contributed by atoms with van der Waals surface area (Å²) < 4.78 is 28.6. The van der Waals surface area contributed by atoms with Crippen LogP contribution >= 0.6 is 11.3 Å². The molecule has 0 unspecified atom stereocenters. The van der Waals surface area contributed by atoms with Gasteiger partial charge in [0.1, 0.15) is 17.5 Å². The summed E-state index contributed by atoms with van der Waals surface area (Å²) in [6.45, 7) is 1.10. The van der Waals surface area contributed by atoms with Gasteiger partial charge in [-0.05, 0) is 25.1 Å². The Labute approximate surface area is 151 Å². The lowest BCUT2D eigenvalue weighted by atomic mass is 10.1. The van der Waals surface area contributed by atoms with E-state index in [9.17, 15) is 13.6 Å². The van der Waals surface area contributed by atoms with Crippen LogP contribution in [0.15, 0.2) is 41.2 Å². The SMILES string of the molecule is NCCCNc1nc2ccccc2c2c(=O)c3cc(F)cc(F)c3sc12. The van der Waals surface area contributed by atoms with Crippen molar-refractivity contribution in [3.63, 3.8) is 0 Å². The van der Waals surface area contributed by atoms with Gasteiger partial charge in [0.2, 0.25) is 0 Å². The first kappa shape index (κ1) is 16.8. The van der Waals surface area contributed by atoms with E-state index in [1.54, 1.807) is 6.07 Å². The normalized spacial score (nSPS) is 11.5. The summed E-state index contributed by atoms with van der Waals surface area (Å²) in [4.78, 5) is 17.7. The zero-order valence-electron chi connectivity index (χ0n) is 13.7. The van der Waals surface area contributed by atoms with Crippen LogP contribution in [0.4, 0.5) is 14.6 Å². The van der Waals surface area contributed by atoms with Crippen LogP contribution in [-0.2, 0) is 0 Å². The monoisotopic (exact) mass is 371 g/mol. The zero-order valence-corrected chi connectivity index (χ0v) is 14.5. The van der Waals surface area contributed by atoms with Crippen LogP contribution in [-0.4, -0.2) is 18.1 Å².